The van der Waals surface area contributed by atoms with Gasteiger partial charge in [-0.05, 0) is 50.7 Å². The molecule has 3 rings (SSSR count). The first-order chi connectivity index (χ1) is 14.1. The van der Waals surface area contributed by atoms with Crippen molar-refractivity contribution in [3.05, 3.63) is 29.0 Å². The fourth-order valence-electron chi connectivity index (χ4n) is 3.69. The average Bonchev–Trinajstić information content (AvgIpc) is 2.70. The van der Waals surface area contributed by atoms with Crippen LogP contribution in [0.15, 0.2) is 18.2 Å². The summed E-state index contributed by atoms with van der Waals surface area (Å²) >= 11 is 12.0. The molecular weight excluding hydrogens is 432 g/mol. The van der Waals surface area contributed by atoms with Crippen LogP contribution in [0.2, 0.25) is 5.02 Å². The number of carbonyl (C=O) groups is 2. The Morgan fingerprint density at radius 3 is 2.30 bits per heavy atom. The van der Waals surface area contributed by atoms with Gasteiger partial charge >= 0.3 is 6.03 Å². The van der Waals surface area contributed by atoms with Crippen LogP contribution in [0.5, 0.6) is 0 Å². The minimum atomic E-state index is -0.590. The van der Waals surface area contributed by atoms with Crippen LogP contribution in [0.3, 0.4) is 0 Å². The van der Waals surface area contributed by atoms with Crippen molar-refractivity contribution in [2.24, 2.45) is 0 Å². The standard InChI is InChI=1S/C20H28Cl2FN5O2/c1-20(2,3)27-10-11-28(22)17(13-27)18(29)25-6-8-26(9-7-25)19(30)24-14-4-5-15(21)16(23)12-14/h4-5,12,17H,6-11,13H2,1-3H3,(H,24,30)/t17-/m1/s1. The number of amides is 3. The van der Waals surface area contributed by atoms with E-state index in [1.165, 1.54) is 12.1 Å². The van der Waals surface area contributed by atoms with Gasteiger partial charge in [0.2, 0.25) is 5.91 Å². The van der Waals surface area contributed by atoms with Crippen molar-refractivity contribution in [2.75, 3.05) is 51.1 Å². The zero-order valence-corrected chi connectivity index (χ0v) is 19.0. The fourth-order valence-corrected chi connectivity index (χ4v) is 4.02. The summed E-state index contributed by atoms with van der Waals surface area (Å²) < 4.78 is 15.2. The number of hydrogen-bond donors (Lipinski definition) is 1. The van der Waals surface area contributed by atoms with E-state index in [1.807, 2.05) is 0 Å². The molecule has 7 nitrogen and oxygen atoms in total. The second-order valence-corrected chi connectivity index (χ2v) is 9.47. The van der Waals surface area contributed by atoms with E-state index in [0.29, 0.717) is 45.0 Å². The third-order valence-electron chi connectivity index (χ3n) is 5.60. The highest BCUT2D eigenvalue weighted by Gasteiger charge is 2.38. The number of nitrogens with one attached hydrogen (secondary N) is 1. The molecule has 10 heteroatoms. The zero-order valence-electron chi connectivity index (χ0n) is 17.5. The number of benzene rings is 1. The SMILES string of the molecule is CC(C)(C)N1CCN(Cl)[C@@H](C(=O)N2CCN(C(=O)Nc3ccc(Cl)c(F)c3)CC2)C1. The summed E-state index contributed by atoms with van der Waals surface area (Å²) in [6.45, 7) is 10.0. The molecule has 0 radical (unpaired) electrons. The molecule has 2 aliphatic heterocycles. The molecule has 3 amide bonds. The van der Waals surface area contributed by atoms with E-state index in [1.54, 1.807) is 20.3 Å². The van der Waals surface area contributed by atoms with E-state index in [-0.39, 0.29) is 22.5 Å². The maximum Gasteiger partial charge on any atom is 0.321 e. The summed E-state index contributed by atoms with van der Waals surface area (Å²) in [6.07, 6.45) is 0. The second kappa shape index (κ2) is 9.26. The number of anilines is 1. The molecule has 1 aromatic carbocycles. The first kappa shape index (κ1) is 23.1. The van der Waals surface area contributed by atoms with E-state index in [4.69, 9.17) is 23.4 Å². The summed E-state index contributed by atoms with van der Waals surface area (Å²) in [6, 6.07) is 3.38. The van der Waals surface area contributed by atoms with Gasteiger partial charge in [-0.25, -0.2) is 13.6 Å². The molecule has 1 atom stereocenters. The first-order valence-electron chi connectivity index (χ1n) is 10.0. The highest BCUT2D eigenvalue weighted by Crippen LogP contribution is 2.23. The van der Waals surface area contributed by atoms with Crippen molar-refractivity contribution in [3.63, 3.8) is 0 Å². The topological polar surface area (TPSA) is 59.1 Å². The lowest BCUT2D eigenvalue weighted by molar-refractivity contribution is -0.139. The van der Waals surface area contributed by atoms with Gasteiger partial charge in [0.05, 0.1) is 5.02 Å². The predicted octanol–water partition coefficient (Wildman–Crippen LogP) is 3.09. The second-order valence-electron chi connectivity index (χ2n) is 8.63. The van der Waals surface area contributed by atoms with Gasteiger partial charge in [0, 0.05) is 57.0 Å². The van der Waals surface area contributed by atoms with Crippen molar-refractivity contribution in [1.82, 2.24) is 19.1 Å². The Bertz CT molecular complexity index is 796. The summed E-state index contributed by atoms with van der Waals surface area (Å²) in [5.41, 5.74) is 0.303. The van der Waals surface area contributed by atoms with Gasteiger partial charge in [-0.3, -0.25) is 9.69 Å². The molecule has 0 aliphatic carbocycles. The highest BCUT2D eigenvalue weighted by atomic mass is 35.5. The van der Waals surface area contributed by atoms with Gasteiger partial charge in [0.1, 0.15) is 11.9 Å². The van der Waals surface area contributed by atoms with Crippen molar-refractivity contribution >= 4 is 41.0 Å². The van der Waals surface area contributed by atoms with E-state index >= 15 is 0 Å². The number of hydrogen-bond acceptors (Lipinski definition) is 4. The molecule has 166 valence electrons. The van der Waals surface area contributed by atoms with Crippen LogP contribution >= 0.6 is 23.4 Å². The molecule has 0 saturated carbocycles. The van der Waals surface area contributed by atoms with Crippen LogP contribution in [0, 0.1) is 5.82 Å². The van der Waals surface area contributed by atoms with E-state index in [0.717, 1.165) is 6.54 Å². The van der Waals surface area contributed by atoms with Gasteiger partial charge in [-0.2, -0.15) is 0 Å². The maximum atomic E-state index is 13.6. The smallest absolute Gasteiger partial charge is 0.321 e. The summed E-state index contributed by atoms with van der Waals surface area (Å²) in [5, 5.41) is 2.67. The minimum Gasteiger partial charge on any atom is -0.338 e. The Morgan fingerprint density at radius 2 is 1.70 bits per heavy atom. The number of rotatable bonds is 2. The number of halogens is 3. The molecule has 30 heavy (non-hydrogen) atoms. The Morgan fingerprint density at radius 1 is 1.07 bits per heavy atom. The summed E-state index contributed by atoms with van der Waals surface area (Å²) in [5.74, 6) is -0.605. The normalized spacial score (nSPS) is 21.6. The van der Waals surface area contributed by atoms with E-state index in [9.17, 15) is 14.0 Å². The van der Waals surface area contributed by atoms with E-state index < -0.39 is 11.9 Å². The average molecular weight is 460 g/mol. The molecular formula is C20H28Cl2FN5O2. The lowest BCUT2D eigenvalue weighted by atomic mass is 10.0. The van der Waals surface area contributed by atoms with Crippen LogP contribution in [0.25, 0.3) is 0 Å². The molecule has 2 heterocycles. The lowest BCUT2D eigenvalue weighted by Gasteiger charge is -2.45. The zero-order chi connectivity index (χ0) is 22.1. The quantitative estimate of drug-likeness (QED) is 0.690. The Balaban J connectivity index is 1.54. The van der Waals surface area contributed by atoms with Crippen molar-refractivity contribution in [3.8, 4) is 0 Å². The van der Waals surface area contributed by atoms with Crippen LogP contribution in [-0.4, -0.2) is 88.5 Å². The Kier molecular flexibility index (Phi) is 7.12. The Hall–Kier alpha value is -1.61. The van der Waals surface area contributed by atoms with Crippen LogP contribution < -0.4 is 5.32 Å². The number of piperazine rings is 2. The van der Waals surface area contributed by atoms with E-state index in [2.05, 4.69) is 31.0 Å². The van der Waals surface area contributed by atoms with Gasteiger partial charge in [-0.1, -0.05) is 11.6 Å². The summed E-state index contributed by atoms with van der Waals surface area (Å²) in [7, 11) is 0. The molecule has 2 saturated heterocycles. The molecule has 2 aliphatic rings. The van der Waals surface area contributed by atoms with Crippen molar-refractivity contribution in [1.29, 1.82) is 0 Å². The minimum absolute atomic E-state index is 0.00111. The molecule has 0 unspecified atom stereocenters. The lowest BCUT2D eigenvalue weighted by Crippen LogP contribution is -2.62. The van der Waals surface area contributed by atoms with Crippen LogP contribution in [-0.2, 0) is 4.79 Å². The number of carbonyl (C=O) groups excluding carboxylic acids is 2. The van der Waals surface area contributed by atoms with Gasteiger partial charge in [0.25, 0.3) is 0 Å². The molecule has 2 fully saturated rings. The number of urea groups is 1. The third kappa shape index (κ3) is 5.35. The largest absolute Gasteiger partial charge is 0.338 e. The maximum absolute atomic E-state index is 13.6. The van der Waals surface area contributed by atoms with Crippen LogP contribution in [0.4, 0.5) is 14.9 Å². The third-order valence-corrected chi connectivity index (χ3v) is 6.31. The molecule has 0 aromatic heterocycles. The van der Waals surface area contributed by atoms with Crippen molar-refractivity contribution in [2.45, 2.75) is 32.4 Å². The van der Waals surface area contributed by atoms with Gasteiger partial charge in [-0.15, -0.1) is 0 Å². The number of nitrogens with zero attached hydrogens (tertiary/aromatic N) is 4. The monoisotopic (exact) mass is 459 g/mol. The molecule has 1 N–H and O–H groups in total. The van der Waals surface area contributed by atoms with Gasteiger partial charge < -0.3 is 15.1 Å². The Labute approximate surface area is 186 Å². The van der Waals surface area contributed by atoms with Crippen molar-refractivity contribution < 1.29 is 14.0 Å². The highest BCUT2D eigenvalue weighted by molar-refractivity contribution is 6.30. The summed E-state index contributed by atoms with van der Waals surface area (Å²) in [4.78, 5) is 31.2. The molecule has 0 bridgehead atoms. The fraction of sp³-hybridized carbons (Fsp3) is 0.600. The van der Waals surface area contributed by atoms with Crippen LogP contribution in [0.1, 0.15) is 20.8 Å². The predicted molar refractivity (Wildman–Crippen MR) is 116 cm³/mol. The molecule has 1 aromatic rings. The molecule has 0 spiro atoms. The first-order valence-corrected chi connectivity index (χ1v) is 10.7. The van der Waals surface area contributed by atoms with Gasteiger partial charge in [0.15, 0.2) is 0 Å².